The molecule has 15 heavy (non-hydrogen) atoms. The Kier molecular flexibility index (Phi) is 5.42. The Morgan fingerprint density at radius 2 is 2.27 bits per heavy atom. The maximum absolute atomic E-state index is 5.99. The summed E-state index contributed by atoms with van der Waals surface area (Å²) in [7, 11) is 1.61. The molecule has 0 spiro atoms. The van der Waals surface area contributed by atoms with E-state index in [1.807, 2.05) is 18.2 Å². The first kappa shape index (κ1) is 12.3. The number of hydrazine groups is 1. The zero-order valence-electron chi connectivity index (χ0n) is 8.72. The molecule has 0 amide bonds. The van der Waals surface area contributed by atoms with Gasteiger partial charge in [-0.25, -0.2) is 5.43 Å². The molecule has 0 saturated heterocycles. The molecule has 0 aliphatic carbocycles. The van der Waals surface area contributed by atoms with Crippen LogP contribution in [0.5, 0.6) is 5.75 Å². The fourth-order valence-corrected chi connectivity index (χ4v) is 1.54. The Bertz CT molecular complexity index is 307. The van der Waals surface area contributed by atoms with Crippen LogP contribution < -0.4 is 21.3 Å². The molecule has 0 aliphatic heterocycles. The van der Waals surface area contributed by atoms with Gasteiger partial charge in [0.15, 0.2) is 0 Å². The van der Waals surface area contributed by atoms with Crippen molar-refractivity contribution in [3.8, 4) is 5.75 Å². The predicted octanol–water partition coefficient (Wildman–Crippen LogP) is 0.901. The van der Waals surface area contributed by atoms with Crippen molar-refractivity contribution in [2.45, 2.75) is 6.42 Å². The molecular weight excluding hydrogens is 214 g/mol. The van der Waals surface area contributed by atoms with Crippen LogP contribution in [0.2, 0.25) is 5.02 Å². The second-order valence-electron chi connectivity index (χ2n) is 3.10. The lowest BCUT2D eigenvalue weighted by Gasteiger charge is -2.06. The van der Waals surface area contributed by atoms with Crippen LogP contribution in [0.15, 0.2) is 18.2 Å². The SMILES string of the molecule is COc1ccc(CCNCNN)cc1Cl. The molecule has 84 valence electrons. The standard InChI is InChI=1S/C10H16ClN3O/c1-15-10-3-2-8(6-9(10)11)4-5-13-7-14-12/h2-3,6,13-14H,4-5,7,12H2,1H3. The highest BCUT2D eigenvalue weighted by Gasteiger charge is 2.01. The largest absolute Gasteiger partial charge is 0.495 e. The normalized spacial score (nSPS) is 10.3. The summed E-state index contributed by atoms with van der Waals surface area (Å²) < 4.78 is 5.07. The molecule has 1 aromatic rings. The van der Waals surface area contributed by atoms with E-state index in [0.717, 1.165) is 13.0 Å². The van der Waals surface area contributed by atoms with E-state index in [1.54, 1.807) is 7.11 Å². The fourth-order valence-electron chi connectivity index (χ4n) is 1.26. The molecule has 4 N–H and O–H groups in total. The lowest BCUT2D eigenvalue weighted by molar-refractivity contribution is 0.415. The van der Waals surface area contributed by atoms with Gasteiger partial charge in [-0.2, -0.15) is 0 Å². The molecule has 4 nitrogen and oxygen atoms in total. The Hall–Kier alpha value is -0.810. The number of hydrogen-bond donors (Lipinski definition) is 3. The van der Waals surface area contributed by atoms with Gasteiger partial charge in [0.2, 0.25) is 0 Å². The number of hydrogen-bond acceptors (Lipinski definition) is 4. The summed E-state index contributed by atoms with van der Waals surface area (Å²) >= 11 is 5.99. The number of halogens is 1. The van der Waals surface area contributed by atoms with Gasteiger partial charge in [0, 0.05) is 6.54 Å². The molecule has 0 heterocycles. The number of benzene rings is 1. The number of rotatable bonds is 6. The average Bonchev–Trinajstić information content (AvgIpc) is 2.25. The molecular formula is C10H16ClN3O. The van der Waals surface area contributed by atoms with Crippen LogP contribution in [0.3, 0.4) is 0 Å². The lowest BCUT2D eigenvalue weighted by Crippen LogP contribution is -2.34. The summed E-state index contributed by atoms with van der Waals surface area (Å²) in [6, 6.07) is 5.79. The summed E-state index contributed by atoms with van der Waals surface area (Å²) in [6.07, 6.45) is 0.908. The van der Waals surface area contributed by atoms with E-state index in [1.165, 1.54) is 5.56 Å². The average molecular weight is 230 g/mol. The van der Waals surface area contributed by atoms with Crippen LogP contribution in [0, 0.1) is 0 Å². The number of nitrogens with two attached hydrogens (primary N) is 1. The molecule has 1 rings (SSSR count). The summed E-state index contributed by atoms with van der Waals surface area (Å²) in [5.41, 5.74) is 3.70. The van der Waals surface area contributed by atoms with E-state index >= 15 is 0 Å². The van der Waals surface area contributed by atoms with Gasteiger partial charge in [-0.1, -0.05) is 17.7 Å². The molecule has 0 fully saturated rings. The van der Waals surface area contributed by atoms with E-state index in [2.05, 4.69) is 10.7 Å². The van der Waals surface area contributed by atoms with Crippen LogP contribution in [0.4, 0.5) is 0 Å². The van der Waals surface area contributed by atoms with E-state index in [4.69, 9.17) is 22.2 Å². The minimum Gasteiger partial charge on any atom is -0.495 e. The van der Waals surface area contributed by atoms with Crippen LogP contribution in [-0.2, 0) is 6.42 Å². The van der Waals surface area contributed by atoms with Crippen molar-refractivity contribution in [1.82, 2.24) is 10.7 Å². The molecule has 0 aromatic heterocycles. The second kappa shape index (κ2) is 6.63. The highest BCUT2D eigenvalue weighted by atomic mass is 35.5. The zero-order chi connectivity index (χ0) is 11.1. The fraction of sp³-hybridized carbons (Fsp3) is 0.400. The van der Waals surface area contributed by atoms with Gasteiger partial charge in [0.05, 0.1) is 18.8 Å². The van der Waals surface area contributed by atoms with E-state index in [9.17, 15) is 0 Å². The highest BCUT2D eigenvalue weighted by molar-refractivity contribution is 6.32. The quantitative estimate of drug-likeness (QED) is 0.294. The van der Waals surface area contributed by atoms with Crippen molar-refractivity contribution in [3.63, 3.8) is 0 Å². The van der Waals surface area contributed by atoms with Crippen LogP contribution in [0.1, 0.15) is 5.56 Å². The molecule has 0 bridgehead atoms. The smallest absolute Gasteiger partial charge is 0.137 e. The Balaban J connectivity index is 2.45. The zero-order valence-corrected chi connectivity index (χ0v) is 9.47. The molecule has 0 atom stereocenters. The monoisotopic (exact) mass is 229 g/mol. The van der Waals surface area contributed by atoms with Crippen LogP contribution in [-0.4, -0.2) is 20.3 Å². The number of ether oxygens (including phenoxy) is 1. The maximum Gasteiger partial charge on any atom is 0.137 e. The first-order valence-electron chi connectivity index (χ1n) is 4.74. The van der Waals surface area contributed by atoms with Gasteiger partial charge in [0.1, 0.15) is 5.75 Å². The van der Waals surface area contributed by atoms with Crippen molar-refractivity contribution < 1.29 is 4.74 Å². The molecule has 0 aliphatic rings. The number of methoxy groups -OCH3 is 1. The van der Waals surface area contributed by atoms with Gasteiger partial charge in [0.25, 0.3) is 0 Å². The van der Waals surface area contributed by atoms with Gasteiger partial charge in [-0.15, -0.1) is 0 Å². The Labute approximate surface area is 94.7 Å². The Morgan fingerprint density at radius 1 is 1.47 bits per heavy atom. The van der Waals surface area contributed by atoms with Crippen LogP contribution in [0.25, 0.3) is 0 Å². The lowest BCUT2D eigenvalue weighted by atomic mass is 10.1. The van der Waals surface area contributed by atoms with Crippen molar-refractivity contribution in [3.05, 3.63) is 28.8 Å². The minimum atomic E-state index is 0.601. The summed E-state index contributed by atoms with van der Waals surface area (Å²) in [4.78, 5) is 0. The summed E-state index contributed by atoms with van der Waals surface area (Å²) in [5, 5.41) is 3.77. The summed E-state index contributed by atoms with van der Waals surface area (Å²) in [5.74, 6) is 5.83. The Morgan fingerprint density at radius 3 is 2.87 bits per heavy atom. The third kappa shape index (κ3) is 4.05. The van der Waals surface area contributed by atoms with Gasteiger partial charge >= 0.3 is 0 Å². The van der Waals surface area contributed by atoms with E-state index < -0.39 is 0 Å². The molecule has 0 unspecified atom stereocenters. The molecule has 5 heteroatoms. The number of nitrogens with one attached hydrogen (secondary N) is 2. The highest BCUT2D eigenvalue weighted by Crippen LogP contribution is 2.24. The first-order chi connectivity index (χ1) is 7.27. The van der Waals surface area contributed by atoms with E-state index in [0.29, 0.717) is 17.4 Å². The molecule has 0 radical (unpaired) electrons. The first-order valence-corrected chi connectivity index (χ1v) is 5.12. The van der Waals surface area contributed by atoms with Gasteiger partial charge in [-0.05, 0) is 24.1 Å². The van der Waals surface area contributed by atoms with E-state index in [-0.39, 0.29) is 0 Å². The maximum atomic E-state index is 5.99. The minimum absolute atomic E-state index is 0.601. The van der Waals surface area contributed by atoms with Crippen molar-refractivity contribution in [2.24, 2.45) is 5.84 Å². The topological polar surface area (TPSA) is 59.3 Å². The van der Waals surface area contributed by atoms with Crippen molar-refractivity contribution in [1.29, 1.82) is 0 Å². The third-order valence-corrected chi connectivity index (χ3v) is 2.33. The van der Waals surface area contributed by atoms with Crippen molar-refractivity contribution in [2.75, 3.05) is 20.3 Å². The van der Waals surface area contributed by atoms with Gasteiger partial charge < -0.3 is 10.1 Å². The predicted molar refractivity (Wildman–Crippen MR) is 61.9 cm³/mol. The molecule has 1 aromatic carbocycles. The second-order valence-corrected chi connectivity index (χ2v) is 3.51. The van der Waals surface area contributed by atoms with Crippen LogP contribution >= 0.6 is 11.6 Å². The summed E-state index contributed by atoms with van der Waals surface area (Å²) in [6.45, 7) is 1.46. The van der Waals surface area contributed by atoms with Gasteiger partial charge in [-0.3, -0.25) is 5.84 Å². The van der Waals surface area contributed by atoms with Crippen molar-refractivity contribution >= 4 is 11.6 Å². The third-order valence-electron chi connectivity index (χ3n) is 2.03. The molecule has 0 saturated carbocycles.